The van der Waals surface area contributed by atoms with Crippen molar-refractivity contribution in [1.82, 2.24) is 28.7 Å². The summed E-state index contributed by atoms with van der Waals surface area (Å²) in [6.45, 7) is 1.81. The third-order valence-corrected chi connectivity index (χ3v) is 5.39. The lowest BCUT2D eigenvalue weighted by molar-refractivity contribution is 0.521. The highest BCUT2D eigenvalue weighted by molar-refractivity contribution is 5.90. The Balaban J connectivity index is 1.84. The number of nitrogens with zero attached hydrogens (tertiary/aromatic N) is 6. The van der Waals surface area contributed by atoms with Crippen LogP contribution in [0.25, 0.3) is 28.0 Å². The first-order chi connectivity index (χ1) is 15.8. The number of aryl methyl sites for hydroxylation is 2. The summed E-state index contributed by atoms with van der Waals surface area (Å²) < 4.78 is 22.6. The van der Waals surface area contributed by atoms with Gasteiger partial charge in [0.2, 0.25) is 11.5 Å². The average Bonchev–Trinajstić information content (AvgIpc) is 3.34. The van der Waals surface area contributed by atoms with Crippen LogP contribution in [-0.4, -0.2) is 28.7 Å². The average molecular weight is 447 g/mol. The predicted octanol–water partition coefficient (Wildman–Crippen LogP) is 1.99. The molecule has 0 saturated heterocycles. The zero-order chi connectivity index (χ0) is 23.3. The molecule has 2 N–H and O–H groups in total. The number of halogens is 1. The molecular formula is C22H18FN7O3. The SMILES string of the molecule is Cc1ocnc1Cn1nc2c(-c3ccc(=O)n(C)c3)c(-c3ccc(F)cc3)nc(N)n2c1=O. The van der Waals surface area contributed by atoms with Crippen molar-refractivity contribution < 1.29 is 8.81 Å². The number of benzene rings is 1. The second-order valence-corrected chi connectivity index (χ2v) is 7.52. The number of hydrogen-bond donors (Lipinski definition) is 1. The molecule has 0 radical (unpaired) electrons. The molecule has 4 heterocycles. The zero-order valence-corrected chi connectivity index (χ0v) is 17.7. The van der Waals surface area contributed by atoms with Gasteiger partial charge in [0.15, 0.2) is 12.0 Å². The first-order valence-corrected chi connectivity index (χ1v) is 9.94. The fraction of sp³-hybridized carbons (Fsp3) is 0.136. The van der Waals surface area contributed by atoms with Crippen LogP contribution in [0.15, 0.2) is 63.0 Å². The van der Waals surface area contributed by atoms with Gasteiger partial charge in [-0.15, -0.1) is 5.10 Å². The molecule has 11 heteroatoms. The van der Waals surface area contributed by atoms with Gasteiger partial charge in [-0.25, -0.2) is 28.2 Å². The number of anilines is 1. The van der Waals surface area contributed by atoms with Crippen LogP contribution >= 0.6 is 0 Å². The molecule has 0 saturated carbocycles. The molecule has 0 bridgehead atoms. The molecule has 5 rings (SSSR count). The number of rotatable bonds is 4. The van der Waals surface area contributed by atoms with E-state index >= 15 is 0 Å². The van der Waals surface area contributed by atoms with Crippen LogP contribution in [0, 0.1) is 12.7 Å². The molecule has 0 amide bonds. The Morgan fingerprint density at radius 3 is 2.48 bits per heavy atom. The van der Waals surface area contributed by atoms with Crippen molar-refractivity contribution in [2.75, 3.05) is 5.73 Å². The quantitative estimate of drug-likeness (QED) is 0.446. The molecule has 0 spiro atoms. The maximum atomic E-state index is 13.6. The maximum Gasteiger partial charge on any atom is 0.353 e. The fourth-order valence-electron chi connectivity index (χ4n) is 3.65. The number of nitrogen functional groups attached to an aromatic ring is 1. The predicted molar refractivity (Wildman–Crippen MR) is 118 cm³/mol. The van der Waals surface area contributed by atoms with Gasteiger partial charge in [-0.1, -0.05) is 0 Å². The van der Waals surface area contributed by atoms with Gasteiger partial charge >= 0.3 is 5.69 Å². The van der Waals surface area contributed by atoms with Crippen LogP contribution in [0.5, 0.6) is 0 Å². The van der Waals surface area contributed by atoms with Crippen molar-refractivity contribution in [3.05, 3.63) is 87.1 Å². The summed E-state index contributed by atoms with van der Waals surface area (Å²) in [4.78, 5) is 33.7. The summed E-state index contributed by atoms with van der Waals surface area (Å²) in [5.74, 6) is 0.0845. The third kappa shape index (κ3) is 3.39. The van der Waals surface area contributed by atoms with Crippen LogP contribution in [0.1, 0.15) is 11.5 Å². The van der Waals surface area contributed by atoms with Crippen molar-refractivity contribution >= 4 is 11.6 Å². The Bertz CT molecular complexity index is 1630. The first kappa shape index (κ1) is 20.4. The standard InChI is InChI=1S/C22H18FN7O3/c1-12-16(25-11-33-12)10-29-22(32)30-20(27-29)18(14-5-8-17(31)28(2)9-14)19(26-21(30)24)13-3-6-15(23)7-4-13/h3-9,11H,10H2,1-2H3,(H2,24,26). The molecule has 0 atom stereocenters. The lowest BCUT2D eigenvalue weighted by Gasteiger charge is -2.12. The monoisotopic (exact) mass is 447 g/mol. The van der Waals surface area contributed by atoms with Crippen LogP contribution in [0.3, 0.4) is 0 Å². The van der Waals surface area contributed by atoms with Gasteiger partial charge in [0.1, 0.15) is 17.3 Å². The van der Waals surface area contributed by atoms with Crippen LogP contribution in [0.4, 0.5) is 10.3 Å². The molecule has 0 fully saturated rings. The minimum absolute atomic E-state index is 0.0703. The summed E-state index contributed by atoms with van der Waals surface area (Å²) in [7, 11) is 1.61. The highest BCUT2D eigenvalue weighted by Crippen LogP contribution is 2.34. The summed E-state index contributed by atoms with van der Waals surface area (Å²) in [5.41, 5.74) is 8.29. The van der Waals surface area contributed by atoms with Gasteiger partial charge < -0.3 is 14.7 Å². The molecule has 0 unspecified atom stereocenters. The Morgan fingerprint density at radius 2 is 1.82 bits per heavy atom. The molecule has 4 aromatic heterocycles. The molecule has 0 aliphatic carbocycles. The van der Waals surface area contributed by atoms with Gasteiger partial charge in [-0.2, -0.15) is 0 Å². The van der Waals surface area contributed by atoms with Crippen molar-refractivity contribution in [1.29, 1.82) is 0 Å². The van der Waals surface area contributed by atoms with Crippen LogP contribution in [0.2, 0.25) is 0 Å². The van der Waals surface area contributed by atoms with E-state index in [4.69, 9.17) is 10.2 Å². The van der Waals surface area contributed by atoms with E-state index in [-0.39, 0.29) is 23.7 Å². The van der Waals surface area contributed by atoms with Gasteiger partial charge in [0, 0.05) is 30.4 Å². The van der Waals surface area contributed by atoms with Crippen LogP contribution in [-0.2, 0) is 13.6 Å². The second kappa shape index (κ2) is 7.55. The lowest BCUT2D eigenvalue weighted by Crippen LogP contribution is -2.24. The Morgan fingerprint density at radius 1 is 1.09 bits per heavy atom. The minimum Gasteiger partial charge on any atom is -0.448 e. The topological polar surface area (TPSA) is 126 Å². The van der Waals surface area contributed by atoms with Crippen molar-refractivity contribution in [3.63, 3.8) is 0 Å². The molecule has 166 valence electrons. The van der Waals surface area contributed by atoms with Gasteiger partial charge in [0.05, 0.1) is 17.8 Å². The maximum absolute atomic E-state index is 13.6. The third-order valence-electron chi connectivity index (χ3n) is 5.39. The first-order valence-electron chi connectivity index (χ1n) is 9.94. The Kier molecular flexibility index (Phi) is 4.66. The highest BCUT2D eigenvalue weighted by atomic mass is 19.1. The number of aromatic nitrogens is 6. The van der Waals surface area contributed by atoms with E-state index in [1.165, 1.54) is 38.2 Å². The number of fused-ring (bicyclic) bond motifs is 1. The molecule has 0 aliphatic heterocycles. The number of nitrogens with two attached hydrogens (primary N) is 1. The highest BCUT2D eigenvalue weighted by Gasteiger charge is 2.22. The van der Waals surface area contributed by atoms with Gasteiger partial charge in [-0.05, 0) is 37.3 Å². The fourth-order valence-corrected chi connectivity index (χ4v) is 3.65. The van der Waals surface area contributed by atoms with E-state index in [0.717, 1.165) is 0 Å². The zero-order valence-electron chi connectivity index (χ0n) is 17.7. The summed E-state index contributed by atoms with van der Waals surface area (Å²) in [6, 6.07) is 8.76. The van der Waals surface area contributed by atoms with Crippen molar-refractivity contribution in [3.8, 4) is 22.4 Å². The smallest absolute Gasteiger partial charge is 0.353 e. The lowest BCUT2D eigenvalue weighted by atomic mass is 10.0. The number of oxazole rings is 1. The molecule has 1 aromatic carbocycles. The molecule has 10 nitrogen and oxygen atoms in total. The summed E-state index contributed by atoms with van der Waals surface area (Å²) >= 11 is 0. The van der Waals surface area contributed by atoms with E-state index in [2.05, 4.69) is 15.1 Å². The number of pyridine rings is 1. The van der Waals surface area contributed by atoms with E-state index < -0.39 is 11.5 Å². The minimum atomic E-state index is -0.505. The van der Waals surface area contributed by atoms with E-state index in [0.29, 0.717) is 33.8 Å². The Labute approximate surface area is 185 Å². The largest absolute Gasteiger partial charge is 0.448 e. The van der Waals surface area contributed by atoms with Crippen molar-refractivity contribution in [2.45, 2.75) is 13.5 Å². The second-order valence-electron chi connectivity index (χ2n) is 7.52. The molecule has 33 heavy (non-hydrogen) atoms. The Hall–Kier alpha value is -4.54. The van der Waals surface area contributed by atoms with E-state index in [1.54, 1.807) is 38.4 Å². The van der Waals surface area contributed by atoms with Gasteiger partial charge in [-0.3, -0.25) is 4.79 Å². The van der Waals surface area contributed by atoms with Crippen molar-refractivity contribution in [2.24, 2.45) is 7.05 Å². The number of hydrogen-bond acceptors (Lipinski definition) is 7. The van der Waals surface area contributed by atoms with Crippen LogP contribution < -0.4 is 17.0 Å². The van der Waals surface area contributed by atoms with Gasteiger partial charge in [0.25, 0.3) is 0 Å². The normalized spacial score (nSPS) is 11.4. The summed E-state index contributed by atoms with van der Waals surface area (Å²) in [5, 5.41) is 4.53. The molecule has 5 aromatic rings. The molecule has 0 aliphatic rings. The summed E-state index contributed by atoms with van der Waals surface area (Å²) in [6.07, 6.45) is 2.91. The van der Waals surface area contributed by atoms with E-state index in [1.807, 2.05) is 0 Å². The molecular weight excluding hydrogens is 429 g/mol. The van der Waals surface area contributed by atoms with E-state index in [9.17, 15) is 14.0 Å².